The van der Waals surface area contributed by atoms with E-state index in [0.29, 0.717) is 23.3 Å². The lowest BCUT2D eigenvalue weighted by Crippen LogP contribution is -2.04. The van der Waals surface area contributed by atoms with Gasteiger partial charge in [0.1, 0.15) is 22.6 Å². The maximum atomic E-state index is 13.0. The number of nitrogens with zero attached hydrogens (tertiary/aromatic N) is 2. The van der Waals surface area contributed by atoms with Gasteiger partial charge in [0, 0.05) is 19.0 Å². The number of halogens is 2. The number of hydrogen-bond donors (Lipinski definition) is 1. The van der Waals surface area contributed by atoms with Crippen LogP contribution in [0.3, 0.4) is 0 Å². The van der Waals surface area contributed by atoms with Gasteiger partial charge in [0.05, 0.1) is 0 Å². The first-order valence-electron chi connectivity index (χ1n) is 5.69. The lowest BCUT2D eigenvalue weighted by atomic mass is 10.2. The zero-order valence-electron chi connectivity index (χ0n) is 9.95. The molecular weight excluding hydrogens is 253 g/mol. The minimum absolute atomic E-state index is 0.246. The van der Waals surface area contributed by atoms with Crippen molar-refractivity contribution in [2.75, 3.05) is 5.32 Å². The molecule has 0 aliphatic rings. The molecular formula is C13H13ClFN3. The van der Waals surface area contributed by atoms with Gasteiger partial charge in [-0.3, -0.25) is 0 Å². The molecule has 94 valence electrons. The van der Waals surface area contributed by atoms with Gasteiger partial charge in [0.2, 0.25) is 0 Å². The van der Waals surface area contributed by atoms with E-state index in [1.807, 2.05) is 13.0 Å². The Bertz CT molecular complexity index is 546. The van der Waals surface area contributed by atoms with Gasteiger partial charge in [-0.2, -0.15) is 0 Å². The third kappa shape index (κ3) is 3.40. The summed E-state index contributed by atoms with van der Waals surface area (Å²) in [6.07, 6.45) is 0.717. The molecule has 0 fully saturated rings. The Balaban J connectivity index is 2.08. The molecule has 0 atom stereocenters. The van der Waals surface area contributed by atoms with Crippen molar-refractivity contribution in [3.8, 4) is 0 Å². The smallest absolute Gasteiger partial charge is 0.134 e. The molecule has 2 aromatic rings. The molecule has 1 aromatic carbocycles. The summed E-state index contributed by atoms with van der Waals surface area (Å²) in [6, 6.07) is 8.08. The molecule has 2 rings (SSSR count). The first-order valence-corrected chi connectivity index (χ1v) is 6.07. The summed E-state index contributed by atoms with van der Waals surface area (Å²) in [5, 5.41) is 3.51. The van der Waals surface area contributed by atoms with E-state index in [0.717, 1.165) is 12.0 Å². The Morgan fingerprint density at radius 2 is 2.11 bits per heavy atom. The van der Waals surface area contributed by atoms with Gasteiger partial charge in [0.25, 0.3) is 0 Å². The first kappa shape index (κ1) is 12.8. The molecule has 0 unspecified atom stereocenters. The van der Waals surface area contributed by atoms with Gasteiger partial charge in [-0.05, 0) is 17.7 Å². The van der Waals surface area contributed by atoms with Crippen molar-refractivity contribution in [1.82, 2.24) is 9.97 Å². The van der Waals surface area contributed by atoms with Crippen LogP contribution in [0.25, 0.3) is 0 Å². The van der Waals surface area contributed by atoms with Crippen LogP contribution < -0.4 is 5.32 Å². The van der Waals surface area contributed by atoms with Crippen molar-refractivity contribution >= 4 is 17.4 Å². The molecule has 0 aliphatic heterocycles. The second kappa shape index (κ2) is 5.78. The van der Waals surface area contributed by atoms with E-state index in [-0.39, 0.29) is 5.82 Å². The summed E-state index contributed by atoms with van der Waals surface area (Å²) >= 11 is 5.88. The lowest BCUT2D eigenvalue weighted by molar-refractivity contribution is 0.626. The Labute approximate surface area is 110 Å². The Kier molecular flexibility index (Phi) is 4.10. The van der Waals surface area contributed by atoms with Gasteiger partial charge >= 0.3 is 0 Å². The number of aromatic nitrogens is 2. The van der Waals surface area contributed by atoms with E-state index in [2.05, 4.69) is 15.3 Å². The molecule has 1 heterocycles. The predicted octanol–water partition coefficient (Wildman–Crippen LogP) is 3.44. The van der Waals surface area contributed by atoms with Crippen molar-refractivity contribution in [1.29, 1.82) is 0 Å². The van der Waals surface area contributed by atoms with E-state index < -0.39 is 0 Å². The zero-order chi connectivity index (χ0) is 13.0. The lowest BCUT2D eigenvalue weighted by Gasteiger charge is -2.07. The van der Waals surface area contributed by atoms with Crippen molar-refractivity contribution < 1.29 is 4.39 Å². The number of rotatable bonds is 4. The molecule has 0 amide bonds. The van der Waals surface area contributed by atoms with E-state index in [1.54, 1.807) is 12.1 Å². The number of aryl methyl sites for hydroxylation is 1. The maximum Gasteiger partial charge on any atom is 0.134 e. The fourth-order valence-electron chi connectivity index (χ4n) is 1.55. The topological polar surface area (TPSA) is 37.8 Å². The summed E-state index contributed by atoms with van der Waals surface area (Å²) in [6.45, 7) is 2.45. The number of nitrogens with one attached hydrogen (secondary N) is 1. The number of anilines is 1. The van der Waals surface area contributed by atoms with E-state index >= 15 is 0 Å². The summed E-state index contributed by atoms with van der Waals surface area (Å²) < 4.78 is 13.0. The quantitative estimate of drug-likeness (QED) is 0.861. The molecule has 0 bridgehead atoms. The summed E-state index contributed by atoms with van der Waals surface area (Å²) in [5.41, 5.74) is 0.850. The second-order valence-corrected chi connectivity index (χ2v) is 4.22. The molecule has 18 heavy (non-hydrogen) atoms. The van der Waals surface area contributed by atoms with Crippen LogP contribution >= 0.6 is 11.6 Å². The largest absolute Gasteiger partial charge is 0.366 e. The third-order valence-corrected chi connectivity index (χ3v) is 2.61. The molecule has 1 aromatic heterocycles. The van der Waals surface area contributed by atoms with E-state index in [9.17, 15) is 4.39 Å². The van der Waals surface area contributed by atoms with Gasteiger partial charge < -0.3 is 5.32 Å². The van der Waals surface area contributed by atoms with Crippen LogP contribution in [0.4, 0.5) is 10.2 Å². The molecule has 0 saturated carbocycles. The SMILES string of the molecule is CCc1nc(Cl)cc(NCc2cccc(F)c2)n1. The summed E-state index contributed by atoms with van der Waals surface area (Å²) in [7, 11) is 0. The second-order valence-electron chi connectivity index (χ2n) is 3.83. The number of hydrogen-bond acceptors (Lipinski definition) is 3. The maximum absolute atomic E-state index is 13.0. The van der Waals surface area contributed by atoms with Crippen LogP contribution in [-0.4, -0.2) is 9.97 Å². The highest BCUT2D eigenvalue weighted by atomic mass is 35.5. The Morgan fingerprint density at radius 1 is 1.28 bits per heavy atom. The van der Waals surface area contributed by atoms with E-state index in [1.165, 1.54) is 12.1 Å². The summed E-state index contributed by atoms with van der Waals surface area (Å²) in [5.74, 6) is 1.09. The highest BCUT2D eigenvalue weighted by Gasteiger charge is 2.02. The van der Waals surface area contributed by atoms with Gasteiger partial charge in [-0.25, -0.2) is 14.4 Å². The molecule has 5 heteroatoms. The van der Waals surface area contributed by atoms with Crippen LogP contribution in [-0.2, 0) is 13.0 Å². The minimum Gasteiger partial charge on any atom is -0.366 e. The predicted molar refractivity (Wildman–Crippen MR) is 70.1 cm³/mol. The fourth-order valence-corrected chi connectivity index (χ4v) is 1.75. The van der Waals surface area contributed by atoms with Crippen molar-refractivity contribution in [3.63, 3.8) is 0 Å². The third-order valence-electron chi connectivity index (χ3n) is 2.42. The molecule has 1 N–H and O–H groups in total. The van der Waals surface area contributed by atoms with Crippen LogP contribution in [0.15, 0.2) is 30.3 Å². The average molecular weight is 266 g/mol. The zero-order valence-corrected chi connectivity index (χ0v) is 10.7. The van der Waals surface area contributed by atoms with Crippen molar-refractivity contribution in [3.05, 3.63) is 52.7 Å². The monoisotopic (exact) mass is 265 g/mol. The highest BCUT2D eigenvalue weighted by molar-refractivity contribution is 6.29. The van der Waals surface area contributed by atoms with Crippen LogP contribution in [0.2, 0.25) is 5.15 Å². The molecule has 0 radical (unpaired) electrons. The normalized spacial score (nSPS) is 10.4. The van der Waals surface area contributed by atoms with Gasteiger partial charge in [-0.1, -0.05) is 30.7 Å². The minimum atomic E-state index is -0.246. The van der Waals surface area contributed by atoms with Crippen LogP contribution in [0, 0.1) is 5.82 Å². The average Bonchev–Trinajstić information content (AvgIpc) is 2.36. The standard InChI is InChI=1S/C13H13ClFN3/c1-2-12-17-11(14)7-13(18-12)16-8-9-4-3-5-10(15)6-9/h3-7H,2,8H2,1H3,(H,16,17,18). The van der Waals surface area contributed by atoms with Gasteiger partial charge in [0.15, 0.2) is 0 Å². The van der Waals surface area contributed by atoms with Crippen LogP contribution in [0.1, 0.15) is 18.3 Å². The van der Waals surface area contributed by atoms with Gasteiger partial charge in [-0.15, -0.1) is 0 Å². The van der Waals surface area contributed by atoms with E-state index in [4.69, 9.17) is 11.6 Å². The molecule has 0 aliphatic carbocycles. The molecule has 3 nitrogen and oxygen atoms in total. The fraction of sp³-hybridized carbons (Fsp3) is 0.231. The van der Waals surface area contributed by atoms with Crippen LogP contribution in [0.5, 0.6) is 0 Å². The Morgan fingerprint density at radius 3 is 2.83 bits per heavy atom. The first-order chi connectivity index (χ1) is 8.67. The molecule has 0 spiro atoms. The highest BCUT2D eigenvalue weighted by Crippen LogP contribution is 2.13. The Hall–Kier alpha value is -1.68. The number of benzene rings is 1. The summed E-state index contributed by atoms with van der Waals surface area (Å²) in [4.78, 5) is 8.36. The molecule has 0 saturated heterocycles. The van der Waals surface area contributed by atoms with Crippen molar-refractivity contribution in [2.45, 2.75) is 19.9 Å². The van der Waals surface area contributed by atoms with Crippen molar-refractivity contribution in [2.24, 2.45) is 0 Å².